The molecule has 11 heteroatoms. The van der Waals surface area contributed by atoms with E-state index in [-0.39, 0.29) is 40.0 Å². The summed E-state index contributed by atoms with van der Waals surface area (Å²) in [5.41, 5.74) is -0.608. The SMILES string of the molecule is C[C@@H](CO)COc1c(-c2ccc(S(C)(=O)=O)cc2)cnn(CC(F)(F)F)c1=O. The van der Waals surface area contributed by atoms with E-state index in [0.717, 1.165) is 12.5 Å². The Kier molecular flexibility index (Phi) is 6.50. The Morgan fingerprint density at radius 3 is 2.36 bits per heavy atom. The minimum atomic E-state index is -4.65. The maximum Gasteiger partial charge on any atom is 0.408 e. The second-order valence-electron chi connectivity index (χ2n) is 6.36. The lowest BCUT2D eigenvalue weighted by atomic mass is 10.1. The summed E-state index contributed by atoms with van der Waals surface area (Å²) in [4.78, 5) is 12.5. The van der Waals surface area contributed by atoms with Crippen molar-refractivity contribution in [3.8, 4) is 16.9 Å². The Bertz CT molecular complexity index is 985. The molecule has 1 atom stereocenters. The predicted molar refractivity (Wildman–Crippen MR) is 94.8 cm³/mol. The summed E-state index contributed by atoms with van der Waals surface area (Å²) in [5.74, 6) is -0.712. The molecular formula is C17H19F3N2O5S. The number of hydrogen-bond acceptors (Lipinski definition) is 6. The first-order chi connectivity index (χ1) is 12.9. The molecule has 2 aromatic rings. The van der Waals surface area contributed by atoms with E-state index in [1.807, 2.05) is 0 Å². The Hall–Kier alpha value is -2.40. The highest BCUT2D eigenvalue weighted by atomic mass is 32.2. The molecule has 0 saturated heterocycles. The lowest BCUT2D eigenvalue weighted by Crippen LogP contribution is -2.31. The summed E-state index contributed by atoms with van der Waals surface area (Å²) < 4.78 is 66.8. The maximum atomic E-state index is 12.7. The quantitative estimate of drug-likeness (QED) is 0.735. The van der Waals surface area contributed by atoms with Gasteiger partial charge in [0.2, 0.25) is 0 Å². The van der Waals surface area contributed by atoms with E-state index in [0.29, 0.717) is 5.56 Å². The van der Waals surface area contributed by atoms with Gasteiger partial charge in [-0.2, -0.15) is 18.3 Å². The summed E-state index contributed by atoms with van der Waals surface area (Å²) in [6.45, 7) is -0.280. The summed E-state index contributed by atoms with van der Waals surface area (Å²) in [6.07, 6.45) is -2.56. The Morgan fingerprint density at radius 1 is 1.25 bits per heavy atom. The van der Waals surface area contributed by atoms with Gasteiger partial charge in [0.15, 0.2) is 15.6 Å². The van der Waals surface area contributed by atoms with Gasteiger partial charge in [0, 0.05) is 24.3 Å². The molecule has 0 aliphatic rings. The van der Waals surface area contributed by atoms with E-state index in [9.17, 15) is 26.4 Å². The van der Waals surface area contributed by atoms with Gasteiger partial charge in [-0.25, -0.2) is 13.1 Å². The third kappa shape index (κ3) is 5.55. The molecule has 1 heterocycles. The fourth-order valence-electron chi connectivity index (χ4n) is 2.26. The number of aliphatic hydroxyl groups is 1. The summed E-state index contributed by atoms with van der Waals surface area (Å²) in [7, 11) is -3.44. The Morgan fingerprint density at radius 2 is 1.86 bits per heavy atom. The summed E-state index contributed by atoms with van der Waals surface area (Å²) >= 11 is 0. The number of nitrogens with zero attached hydrogens (tertiary/aromatic N) is 2. The van der Waals surface area contributed by atoms with Crippen molar-refractivity contribution in [2.24, 2.45) is 5.92 Å². The molecular weight excluding hydrogens is 401 g/mol. The van der Waals surface area contributed by atoms with Crippen LogP contribution in [0.2, 0.25) is 0 Å². The van der Waals surface area contributed by atoms with Crippen LogP contribution in [0, 0.1) is 5.92 Å². The van der Waals surface area contributed by atoms with Gasteiger partial charge in [-0.3, -0.25) is 4.79 Å². The van der Waals surface area contributed by atoms with Crippen LogP contribution in [-0.4, -0.2) is 49.0 Å². The molecule has 0 radical (unpaired) electrons. The van der Waals surface area contributed by atoms with Gasteiger partial charge in [-0.05, 0) is 17.7 Å². The van der Waals surface area contributed by atoms with Crippen LogP contribution in [0.15, 0.2) is 40.2 Å². The van der Waals surface area contributed by atoms with Gasteiger partial charge >= 0.3 is 11.7 Å². The van der Waals surface area contributed by atoms with Crippen LogP contribution in [0.1, 0.15) is 6.92 Å². The van der Waals surface area contributed by atoms with Gasteiger partial charge in [0.05, 0.1) is 17.7 Å². The fraction of sp³-hybridized carbons (Fsp3) is 0.412. The largest absolute Gasteiger partial charge is 0.487 e. The monoisotopic (exact) mass is 420 g/mol. The van der Waals surface area contributed by atoms with Crippen molar-refractivity contribution < 1.29 is 31.4 Å². The van der Waals surface area contributed by atoms with Crippen molar-refractivity contribution in [1.82, 2.24) is 9.78 Å². The number of hydrogen-bond donors (Lipinski definition) is 1. The molecule has 7 nitrogen and oxygen atoms in total. The van der Waals surface area contributed by atoms with Gasteiger partial charge < -0.3 is 9.84 Å². The van der Waals surface area contributed by atoms with E-state index >= 15 is 0 Å². The smallest absolute Gasteiger partial charge is 0.408 e. The maximum absolute atomic E-state index is 12.7. The molecule has 28 heavy (non-hydrogen) atoms. The molecule has 0 unspecified atom stereocenters. The standard InChI is InChI=1S/C17H19F3N2O5S/c1-11(8-23)9-27-15-14(7-21-22(16(15)24)10-17(18,19)20)12-3-5-13(6-4-12)28(2,25)26/h3-7,11,23H,8-10H2,1-2H3/t11-/m0/s1. The number of ether oxygens (including phenoxy) is 1. The average molecular weight is 420 g/mol. The zero-order valence-electron chi connectivity index (χ0n) is 15.1. The second kappa shape index (κ2) is 8.31. The third-order valence-corrected chi connectivity index (χ3v) is 4.87. The van der Waals surface area contributed by atoms with Crippen molar-refractivity contribution >= 4 is 9.84 Å². The summed E-state index contributed by atoms with van der Waals surface area (Å²) in [5, 5.41) is 12.7. The number of sulfone groups is 1. The average Bonchev–Trinajstić information content (AvgIpc) is 2.60. The molecule has 0 aliphatic carbocycles. The van der Waals surface area contributed by atoms with Crippen LogP contribution in [0.25, 0.3) is 11.1 Å². The molecule has 0 spiro atoms. The van der Waals surface area contributed by atoms with Gasteiger partial charge in [0.25, 0.3) is 0 Å². The highest BCUT2D eigenvalue weighted by Gasteiger charge is 2.30. The first-order valence-corrected chi connectivity index (χ1v) is 10.0. The van der Waals surface area contributed by atoms with Crippen LogP contribution in [-0.2, 0) is 16.4 Å². The normalized spacial score (nSPS) is 13.4. The van der Waals surface area contributed by atoms with Gasteiger partial charge in [-0.1, -0.05) is 19.1 Å². The lowest BCUT2D eigenvalue weighted by molar-refractivity contribution is -0.143. The van der Waals surface area contributed by atoms with E-state index < -0.39 is 28.1 Å². The molecule has 2 rings (SSSR count). The van der Waals surface area contributed by atoms with Crippen molar-refractivity contribution in [1.29, 1.82) is 0 Å². The second-order valence-corrected chi connectivity index (χ2v) is 8.38. The number of alkyl halides is 3. The molecule has 0 fully saturated rings. The molecule has 0 bridgehead atoms. The highest BCUT2D eigenvalue weighted by molar-refractivity contribution is 7.90. The highest BCUT2D eigenvalue weighted by Crippen LogP contribution is 2.28. The molecule has 1 N–H and O–H groups in total. The molecule has 154 valence electrons. The molecule has 1 aromatic carbocycles. The van der Waals surface area contributed by atoms with Crippen molar-refractivity contribution in [2.45, 2.75) is 24.5 Å². The minimum absolute atomic E-state index is 0.0472. The number of rotatable bonds is 7. The Balaban J connectivity index is 2.53. The number of benzene rings is 1. The number of halogens is 3. The first-order valence-electron chi connectivity index (χ1n) is 8.13. The predicted octanol–water partition coefficient (Wildman–Crippen LogP) is 1.88. The lowest BCUT2D eigenvalue weighted by Gasteiger charge is -2.16. The number of aliphatic hydroxyl groups excluding tert-OH is 1. The van der Waals surface area contributed by atoms with Crippen LogP contribution < -0.4 is 10.3 Å². The van der Waals surface area contributed by atoms with Crippen molar-refractivity contribution in [3.05, 3.63) is 40.8 Å². The minimum Gasteiger partial charge on any atom is -0.487 e. The zero-order valence-corrected chi connectivity index (χ0v) is 15.9. The fourth-order valence-corrected chi connectivity index (χ4v) is 2.89. The first kappa shape index (κ1) is 21.9. The molecule has 0 aliphatic heterocycles. The van der Waals surface area contributed by atoms with Gasteiger partial charge in [0.1, 0.15) is 6.54 Å². The van der Waals surface area contributed by atoms with E-state index in [4.69, 9.17) is 9.84 Å². The molecule has 1 aromatic heterocycles. The van der Waals surface area contributed by atoms with Crippen molar-refractivity contribution in [2.75, 3.05) is 19.5 Å². The topological polar surface area (TPSA) is 98.5 Å². The van der Waals surface area contributed by atoms with Crippen LogP contribution in [0.5, 0.6) is 5.75 Å². The van der Waals surface area contributed by atoms with E-state index in [1.165, 1.54) is 24.3 Å². The summed E-state index contributed by atoms with van der Waals surface area (Å²) in [6, 6.07) is 5.44. The molecule has 0 amide bonds. The third-order valence-electron chi connectivity index (χ3n) is 3.75. The van der Waals surface area contributed by atoms with Gasteiger partial charge in [-0.15, -0.1) is 0 Å². The molecule has 0 saturated carbocycles. The van der Waals surface area contributed by atoms with E-state index in [1.54, 1.807) is 6.92 Å². The van der Waals surface area contributed by atoms with E-state index in [2.05, 4.69) is 5.10 Å². The number of aromatic nitrogens is 2. The van der Waals surface area contributed by atoms with Crippen LogP contribution in [0.3, 0.4) is 0 Å². The zero-order chi connectivity index (χ0) is 21.1. The van der Waals surface area contributed by atoms with Crippen LogP contribution in [0.4, 0.5) is 13.2 Å². The van der Waals surface area contributed by atoms with Crippen molar-refractivity contribution in [3.63, 3.8) is 0 Å². The van der Waals surface area contributed by atoms with Crippen LogP contribution >= 0.6 is 0 Å². The Labute approximate surface area is 159 Å².